The van der Waals surface area contributed by atoms with Gasteiger partial charge in [0.05, 0.1) is 5.25 Å². The third-order valence-electron chi connectivity index (χ3n) is 1.86. The number of anilines is 1. The standard InChI is InChI=1S/C6H13N5O2S/c1-5(2)14(12,13)11(4)6-7-8-9-10(6)3/h5H,1-4H3. The van der Waals surface area contributed by atoms with Crippen LogP contribution in [0.3, 0.4) is 0 Å². The molecule has 1 aromatic heterocycles. The second-order valence-electron chi connectivity index (χ2n) is 3.16. The van der Waals surface area contributed by atoms with Crippen LogP contribution in [0.1, 0.15) is 13.8 Å². The summed E-state index contributed by atoms with van der Waals surface area (Å²) in [5, 5.41) is 10.0. The molecule has 0 saturated heterocycles. The molecule has 80 valence electrons. The van der Waals surface area contributed by atoms with Crippen molar-refractivity contribution in [3.05, 3.63) is 0 Å². The minimum Gasteiger partial charge on any atom is -0.239 e. The summed E-state index contributed by atoms with van der Waals surface area (Å²) in [4.78, 5) is 0. The summed E-state index contributed by atoms with van der Waals surface area (Å²) in [6, 6.07) is 0. The van der Waals surface area contributed by atoms with E-state index in [0.29, 0.717) is 0 Å². The summed E-state index contributed by atoms with van der Waals surface area (Å²) in [6.45, 7) is 3.21. The SMILES string of the molecule is CC(C)S(=O)(=O)N(C)c1nnnn1C. The number of hydrogen-bond acceptors (Lipinski definition) is 5. The van der Waals surface area contributed by atoms with Crippen molar-refractivity contribution >= 4 is 16.0 Å². The molecule has 1 heterocycles. The van der Waals surface area contributed by atoms with Crippen LogP contribution in [-0.2, 0) is 17.1 Å². The fourth-order valence-corrected chi connectivity index (χ4v) is 1.94. The quantitative estimate of drug-likeness (QED) is 0.677. The predicted molar refractivity (Wildman–Crippen MR) is 51.3 cm³/mol. The Morgan fingerprint density at radius 3 is 2.36 bits per heavy atom. The van der Waals surface area contributed by atoms with Crippen molar-refractivity contribution in [2.24, 2.45) is 7.05 Å². The zero-order chi connectivity index (χ0) is 10.9. The van der Waals surface area contributed by atoms with Crippen LogP contribution in [0.2, 0.25) is 0 Å². The summed E-state index contributed by atoms with van der Waals surface area (Å²) in [5.41, 5.74) is 0. The first-order chi connectivity index (χ1) is 6.37. The Morgan fingerprint density at radius 2 is 2.00 bits per heavy atom. The molecular formula is C6H13N5O2S. The van der Waals surface area contributed by atoms with E-state index >= 15 is 0 Å². The molecule has 0 spiro atoms. The molecule has 7 nitrogen and oxygen atoms in total. The Bertz CT molecular complexity index is 410. The maximum absolute atomic E-state index is 11.7. The number of aromatic nitrogens is 4. The van der Waals surface area contributed by atoms with Crippen LogP contribution in [0.5, 0.6) is 0 Å². The van der Waals surface area contributed by atoms with Gasteiger partial charge in [0.1, 0.15) is 0 Å². The van der Waals surface area contributed by atoms with Crippen molar-refractivity contribution in [2.45, 2.75) is 19.1 Å². The zero-order valence-electron chi connectivity index (χ0n) is 8.54. The van der Waals surface area contributed by atoms with Gasteiger partial charge in [-0.25, -0.2) is 17.4 Å². The number of rotatable bonds is 3. The molecule has 0 bridgehead atoms. The molecule has 1 aromatic rings. The predicted octanol–water partition coefficient (Wildman–Crippen LogP) is -0.615. The number of tetrazole rings is 1. The molecule has 0 aliphatic carbocycles. The highest BCUT2D eigenvalue weighted by Gasteiger charge is 2.25. The molecular weight excluding hydrogens is 206 g/mol. The fourth-order valence-electron chi connectivity index (χ4n) is 0.922. The van der Waals surface area contributed by atoms with Crippen molar-refractivity contribution in [3.8, 4) is 0 Å². The van der Waals surface area contributed by atoms with E-state index in [0.717, 1.165) is 4.31 Å². The summed E-state index contributed by atoms with van der Waals surface area (Å²) >= 11 is 0. The van der Waals surface area contributed by atoms with E-state index < -0.39 is 15.3 Å². The van der Waals surface area contributed by atoms with Gasteiger partial charge in [-0.2, -0.15) is 0 Å². The molecule has 0 aliphatic heterocycles. The van der Waals surface area contributed by atoms with E-state index in [1.54, 1.807) is 20.9 Å². The minimum atomic E-state index is -3.35. The molecule has 0 saturated carbocycles. The highest BCUT2D eigenvalue weighted by molar-refractivity contribution is 7.93. The highest BCUT2D eigenvalue weighted by atomic mass is 32.2. The Morgan fingerprint density at radius 1 is 1.43 bits per heavy atom. The average molecular weight is 219 g/mol. The summed E-state index contributed by atoms with van der Waals surface area (Å²) in [5.74, 6) is 0.207. The van der Waals surface area contributed by atoms with Crippen LogP contribution in [0.15, 0.2) is 0 Å². The van der Waals surface area contributed by atoms with Crippen molar-refractivity contribution in [1.82, 2.24) is 20.2 Å². The lowest BCUT2D eigenvalue weighted by atomic mass is 10.6. The van der Waals surface area contributed by atoms with Crippen LogP contribution in [-0.4, -0.2) is 40.9 Å². The zero-order valence-corrected chi connectivity index (χ0v) is 9.35. The highest BCUT2D eigenvalue weighted by Crippen LogP contribution is 2.13. The maximum Gasteiger partial charge on any atom is 0.258 e. The van der Waals surface area contributed by atoms with E-state index in [1.807, 2.05) is 0 Å². The van der Waals surface area contributed by atoms with E-state index in [1.165, 1.54) is 11.7 Å². The Hall–Kier alpha value is -1.18. The van der Waals surface area contributed by atoms with E-state index in [-0.39, 0.29) is 5.95 Å². The average Bonchev–Trinajstić information content (AvgIpc) is 2.49. The van der Waals surface area contributed by atoms with Crippen molar-refractivity contribution < 1.29 is 8.42 Å². The molecule has 0 unspecified atom stereocenters. The van der Waals surface area contributed by atoms with Gasteiger partial charge in [0.25, 0.3) is 5.95 Å². The second-order valence-corrected chi connectivity index (χ2v) is 5.68. The van der Waals surface area contributed by atoms with Gasteiger partial charge in [0.2, 0.25) is 10.0 Å². The van der Waals surface area contributed by atoms with E-state index in [2.05, 4.69) is 15.5 Å². The van der Waals surface area contributed by atoms with Gasteiger partial charge in [0, 0.05) is 14.1 Å². The molecule has 0 fully saturated rings. The molecule has 0 amide bonds. The molecule has 1 rings (SSSR count). The fraction of sp³-hybridized carbons (Fsp3) is 0.833. The van der Waals surface area contributed by atoms with Crippen LogP contribution in [0.4, 0.5) is 5.95 Å². The molecule has 14 heavy (non-hydrogen) atoms. The van der Waals surface area contributed by atoms with Crippen LogP contribution < -0.4 is 4.31 Å². The summed E-state index contributed by atoms with van der Waals surface area (Å²) < 4.78 is 25.8. The third kappa shape index (κ3) is 1.69. The topological polar surface area (TPSA) is 81.0 Å². The summed E-state index contributed by atoms with van der Waals surface area (Å²) in [7, 11) is -0.336. The summed E-state index contributed by atoms with van der Waals surface area (Å²) in [6.07, 6.45) is 0. The minimum absolute atomic E-state index is 0.207. The van der Waals surface area contributed by atoms with E-state index in [9.17, 15) is 8.42 Å². The van der Waals surface area contributed by atoms with Gasteiger partial charge < -0.3 is 0 Å². The smallest absolute Gasteiger partial charge is 0.239 e. The molecule has 8 heteroatoms. The number of hydrogen-bond donors (Lipinski definition) is 0. The monoisotopic (exact) mass is 219 g/mol. The van der Waals surface area contributed by atoms with Gasteiger partial charge in [-0.1, -0.05) is 5.10 Å². The molecule has 0 aliphatic rings. The number of aryl methyl sites for hydroxylation is 1. The van der Waals surface area contributed by atoms with Crippen molar-refractivity contribution in [3.63, 3.8) is 0 Å². The Labute approximate surface area is 82.8 Å². The lowest BCUT2D eigenvalue weighted by molar-refractivity contribution is 0.583. The van der Waals surface area contributed by atoms with Crippen LogP contribution in [0, 0.1) is 0 Å². The first kappa shape index (κ1) is 10.9. The molecule has 0 N–H and O–H groups in total. The van der Waals surface area contributed by atoms with Crippen LogP contribution in [0.25, 0.3) is 0 Å². The normalized spacial score (nSPS) is 12.1. The Kier molecular flexibility index (Phi) is 2.74. The second kappa shape index (κ2) is 3.52. The molecule has 0 atom stereocenters. The van der Waals surface area contributed by atoms with Gasteiger partial charge in [-0.3, -0.25) is 0 Å². The number of sulfonamides is 1. The first-order valence-electron chi connectivity index (χ1n) is 4.07. The van der Waals surface area contributed by atoms with Gasteiger partial charge >= 0.3 is 0 Å². The van der Waals surface area contributed by atoms with E-state index in [4.69, 9.17) is 0 Å². The number of nitrogens with zero attached hydrogens (tertiary/aromatic N) is 5. The van der Waals surface area contributed by atoms with Crippen LogP contribution >= 0.6 is 0 Å². The van der Waals surface area contributed by atoms with Gasteiger partial charge in [-0.15, -0.1) is 0 Å². The third-order valence-corrected chi connectivity index (χ3v) is 3.98. The maximum atomic E-state index is 11.7. The Balaban J connectivity index is 3.09. The van der Waals surface area contributed by atoms with Gasteiger partial charge in [0.15, 0.2) is 0 Å². The molecule has 0 radical (unpaired) electrons. The lowest BCUT2D eigenvalue weighted by Crippen LogP contribution is -2.34. The largest absolute Gasteiger partial charge is 0.258 e. The molecule has 0 aromatic carbocycles. The van der Waals surface area contributed by atoms with Gasteiger partial charge in [-0.05, 0) is 24.3 Å². The van der Waals surface area contributed by atoms with Crippen molar-refractivity contribution in [1.29, 1.82) is 0 Å². The lowest BCUT2D eigenvalue weighted by Gasteiger charge is -2.18. The van der Waals surface area contributed by atoms with Crippen molar-refractivity contribution in [2.75, 3.05) is 11.4 Å². The first-order valence-corrected chi connectivity index (χ1v) is 5.57.